The van der Waals surface area contributed by atoms with E-state index in [1.807, 2.05) is 37.5 Å². The summed E-state index contributed by atoms with van der Waals surface area (Å²) in [6.07, 6.45) is 2.87. The molecule has 0 bridgehead atoms. The van der Waals surface area contributed by atoms with E-state index in [1.165, 1.54) is 11.1 Å². The van der Waals surface area contributed by atoms with E-state index >= 15 is 0 Å². The second-order valence-corrected chi connectivity index (χ2v) is 7.01. The first-order valence-electron chi connectivity index (χ1n) is 9.60. The van der Waals surface area contributed by atoms with Gasteiger partial charge in [0, 0.05) is 17.7 Å². The van der Waals surface area contributed by atoms with E-state index in [1.54, 1.807) is 0 Å². The summed E-state index contributed by atoms with van der Waals surface area (Å²) >= 11 is 0. The van der Waals surface area contributed by atoms with Gasteiger partial charge in [-0.3, -0.25) is 0 Å². The number of esters is 1. The van der Waals surface area contributed by atoms with Gasteiger partial charge in [-0.05, 0) is 41.8 Å². The highest BCUT2D eigenvalue weighted by Crippen LogP contribution is 2.39. The van der Waals surface area contributed by atoms with Crippen LogP contribution in [-0.2, 0) is 17.7 Å². The molecule has 0 fully saturated rings. The third-order valence-electron chi connectivity index (χ3n) is 5.37. The molecule has 0 amide bonds. The van der Waals surface area contributed by atoms with Gasteiger partial charge in [0.2, 0.25) is 0 Å². The Morgan fingerprint density at radius 1 is 1.04 bits per heavy atom. The maximum absolute atomic E-state index is 12.8. The molecule has 2 heterocycles. The zero-order valence-electron chi connectivity index (χ0n) is 15.7. The molecule has 0 spiro atoms. The van der Waals surface area contributed by atoms with E-state index in [-0.39, 0.29) is 5.97 Å². The minimum absolute atomic E-state index is 0.311. The van der Waals surface area contributed by atoms with Crippen molar-refractivity contribution in [3.8, 4) is 22.5 Å². The molecule has 0 saturated heterocycles. The van der Waals surface area contributed by atoms with Gasteiger partial charge in [0.05, 0.1) is 29.9 Å². The van der Waals surface area contributed by atoms with Gasteiger partial charge >= 0.3 is 5.97 Å². The second kappa shape index (κ2) is 6.64. The van der Waals surface area contributed by atoms with Crippen LogP contribution in [0.2, 0.25) is 0 Å². The smallest absolute Gasteiger partial charge is 0.338 e. The summed E-state index contributed by atoms with van der Waals surface area (Å²) in [7, 11) is 0. The zero-order valence-corrected chi connectivity index (χ0v) is 15.7. The molecule has 1 aliphatic heterocycles. The average Bonchev–Trinajstić information content (AvgIpc) is 3.17. The highest BCUT2D eigenvalue weighted by atomic mass is 16.5. The van der Waals surface area contributed by atoms with Crippen LogP contribution in [-0.4, -0.2) is 22.1 Å². The maximum Gasteiger partial charge on any atom is 0.338 e. The summed E-state index contributed by atoms with van der Waals surface area (Å²) in [5, 5.41) is 2.10. The molecule has 3 aromatic carbocycles. The van der Waals surface area contributed by atoms with Gasteiger partial charge in [0.25, 0.3) is 0 Å². The van der Waals surface area contributed by atoms with Gasteiger partial charge in [-0.2, -0.15) is 0 Å². The molecule has 5 rings (SSSR count). The van der Waals surface area contributed by atoms with Gasteiger partial charge < -0.3 is 9.30 Å². The minimum Gasteiger partial charge on any atom is -0.462 e. The molecule has 4 nitrogen and oxygen atoms in total. The number of ether oxygens (including phenoxy) is 1. The van der Waals surface area contributed by atoms with Crippen LogP contribution in [0.15, 0.2) is 67.0 Å². The number of nitrogens with zero attached hydrogens (tertiary/aromatic N) is 2. The third kappa shape index (κ3) is 2.61. The number of hydrogen-bond acceptors (Lipinski definition) is 3. The van der Waals surface area contributed by atoms with Gasteiger partial charge in [0.1, 0.15) is 0 Å². The van der Waals surface area contributed by atoms with Crippen LogP contribution in [0.5, 0.6) is 0 Å². The monoisotopic (exact) mass is 368 g/mol. The Labute approximate surface area is 163 Å². The molecule has 0 radical (unpaired) electrons. The van der Waals surface area contributed by atoms with Crippen molar-refractivity contribution in [1.82, 2.24) is 9.55 Å². The zero-order chi connectivity index (χ0) is 19.1. The van der Waals surface area contributed by atoms with E-state index in [2.05, 4.69) is 41.0 Å². The Balaban J connectivity index is 1.78. The number of rotatable bonds is 3. The molecule has 0 unspecified atom stereocenters. The summed E-state index contributed by atoms with van der Waals surface area (Å²) in [5.74, 6) is -0.311. The van der Waals surface area contributed by atoms with Crippen LogP contribution < -0.4 is 0 Å². The van der Waals surface area contributed by atoms with Crippen LogP contribution in [0, 0.1) is 0 Å². The van der Waals surface area contributed by atoms with Gasteiger partial charge in [-0.15, -0.1) is 0 Å². The van der Waals surface area contributed by atoms with Gasteiger partial charge in [-0.1, -0.05) is 48.5 Å². The first-order chi connectivity index (χ1) is 13.8. The number of hydrogen-bond donors (Lipinski definition) is 0. The average molecular weight is 368 g/mol. The van der Waals surface area contributed by atoms with Crippen molar-refractivity contribution >= 4 is 16.7 Å². The number of imidazole rings is 1. The summed E-state index contributed by atoms with van der Waals surface area (Å²) in [6, 6.07) is 20.5. The molecule has 0 N–H and O–H groups in total. The first-order valence-corrected chi connectivity index (χ1v) is 9.60. The number of aryl methyl sites for hydroxylation is 2. The summed E-state index contributed by atoms with van der Waals surface area (Å²) < 4.78 is 7.54. The Bertz CT molecular complexity index is 1210. The maximum atomic E-state index is 12.8. The Morgan fingerprint density at radius 2 is 1.79 bits per heavy atom. The molecule has 0 saturated carbocycles. The standard InChI is InChI=1S/C24H20N2O2/c1-2-28-24(27)21-14-18-9-4-3-8-17(18)13-20(21)22-23-19-10-6-5-7-16(19)11-12-26(23)15-25-22/h3-10,13-15H,2,11-12H2,1H3. The van der Waals surface area contributed by atoms with Gasteiger partial charge in [-0.25, -0.2) is 9.78 Å². The predicted molar refractivity (Wildman–Crippen MR) is 110 cm³/mol. The molecule has 1 aliphatic rings. The number of aromatic nitrogens is 2. The van der Waals surface area contributed by atoms with Crippen LogP contribution in [0.4, 0.5) is 0 Å². The van der Waals surface area contributed by atoms with Crippen molar-refractivity contribution in [3.63, 3.8) is 0 Å². The number of carbonyl (C=O) groups is 1. The van der Waals surface area contributed by atoms with Crippen molar-refractivity contribution in [2.75, 3.05) is 6.61 Å². The van der Waals surface area contributed by atoms with Crippen LogP contribution in [0.25, 0.3) is 33.3 Å². The number of benzene rings is 3. The van der Waals surface area contributed by atoms with E-state index in [0.29, 0.717) is 12.2 Å². The lowest BCUT2D eigenvalue weighted by Crippen LogP contribution is -2.11. The lowest BCUT2D eigenvalue weighted by Gasteiger charge is -2.20. The van der Waals surface area contributed by atoms with Crippen LogP contribution in [0.3, 0.4) is 0 Å². The topological polar surface area (TPSA) is 44.1 Å². The number of carbonyl (C=O) groups excluding carboxylic acids is 1. The third-order valence-corrected chi connectivity index (χ3v) is 5.37. The highest BCUT2D eigenvalue weighted by Gasteiger charge is 2.25. The van der Waals surface area contributed by atoms with E-state index in [4.69, 9.17) is 9.72 Å². The minimum atomic E-state index is -0.311. The quantitative estimate of drug-likeness (QED) is 0.472. The molecular weight excluding hydrogens is 348 g/mol. The number of fused-ring (bicyclic) bond motifs is 4. The van der Waals surface area contributed by atoms with Crippen molar-refractivity contribution in [2.45, 2.75) is 19.9 Å². The van der Waals surface area contributed by atoms with Crippen LogP contribution in [0.1, 0.15) is 22.8 Å². The molecule has 0 aliphatic carbocycles. The molecule has 138 valence electrons. The van der Waals surface area contributed by atoms with Crippen molar-refractivity contribution < 1.29 is 9.53 Å². The van der Waals surface area contributed by atoms with E-state index in [0.717, 1.165) is 40.7 Å². The molecule has 0 atom stereocenters. The fourth-order valence-electron chi connectivity index (χ4n) is 4.06. The van der Waals surface area contributed by atoms with Crippen molar-refractivity contribution in [3.05, 3.63) is 78.1 Å². The van der Waals surface area contributed by atoms with E-state index in [9.17, 15) is 4.79 Å². The fraction of sp³-hybridized carbons (Fsp3) is 0.167. The second-order valence-electron chi connectivity index (χ2n) is 7.01. The van der Waals surface area contributed by atoms with Crippen molar-refractivity contribution in [2.24, 2.45) is 0 Å². The molecule has 1 aromatic heterocycles. The largest absolute Gasteiger partial charge is 0.462 e. The molecule has 4 aromatic rings. The summed E-state index contributed by atoms with van der Waals surface area (Å²) in [4.78, 5) is 17.5. The first kappa shape index (κ1) is 16.8. The van der Waals surface area contributed by atoms with Crippen LogP contribution >= 0.6 is 0 Å². The molecule has 28 heavy (non-hydrogen) atoms. The fourth-order valence-corrected chi connectivity index (χ4v) is 4.06. The summed E-state index contributed by atoms with van der Waals surface area (Å²) in [5.41, 5.74) is 5.79. The Hall–Kier alpha value is -3.40. The predicted octanol–water partition coefficient (Wildman–Crippen LogP) is 5.10. The van der Waals surface area contributed by atoms with Gasteiger partial charge in [0.15, 0.2) is 0 Å². The lowest BCUT2D eigenvalue weighted by molar-refractivity contribution is 0.0527. The highest BCUT2D eigenvalue weighted by molar-refractivity contribution is 6.04. The molecule has 4 heteroatoms. The Morgan fingerprint density at radius 3 is 2.61 bits per heavy atom. The SMILES string of the molecule is CCOC(=O)c1cc2ccccc2cc1-c1ncn2c1-c1ccccc1CC2. The van der Waals surface area contributed by atoms with Crippen molar-refractivity contribution in [1.29, 1.82) is 0 Å². The summed E-state index contributed by atoms with van der Waals surface area (Å²) in [6.45, 7) is 3.06. The molecular formula is C24H20N2O2. The van der Waals surface area contributed by atoms with E-state index < -0.39 is 0 Å². The lowest BCUT2D eigenvalue weighted by atomic mass is 9.92. The normalized spacial score (nSPS) is 12.5. The Kier molecular flexibility index (Phi) is 3.97.